The molecule has 2 aromatic carbocycles. The Hall–Kier alpha value is -2.82. The molecule has 2 amide bonds. The summed E-state index contributed by atoms with van der Waals surface area (Å²) in [5.41, 5.74) is 7.75. The third-order valence-electron chi connectivity index (χ3n) is 3.95. The number of carbonyl (C=O) groups excluding carboxylic acids is 2. The van der Waals surface area contributed by atoms with E-state index in [0.29, 0.717) is 22.5 Å². The first kappa shape index (κ1) is 15.1. The van der Waals surface area contributed by atoms with E-state index in [2.05, 4.69) is 5.32 Å². The number of nitrogens with zero attached hydrogens (tertiary/aromatic N) is 1. The third kappa shape index (κ3) is 3.34. The average molecular weight is 309 g/mol. The molecule has 0 unspecified atom stereocenters. The number of anilines is 2. The lowest BCUT2D eigenvalue weighted by atomic mass is 10.1. The molecular weight excluding hydrogens is 290 g/mol. The number of carbonyl (C=O) groups is 2. The van der Waals surface area contributed by atoms with Crippen LogP contribution in [-0.4, -0.2) is 29.8 Å². The molecule has 1 aliphatic heterocycles. The highest BCUT2D eigenvalue weighted by atomic mass is 16.2. The zero-order chi connectivity index (χ0) is 16.2. The SMILES string of the molecule is Nc1cccc(C(=O)Nc2ccccc2C(=O)N2CCCC2)c1. The Kier molecular flexibility index (Phi) is 4.28. The lowest BCUT2D eigenvalue weighted by Gasteiger charge is -2.18. The summed E-state index contributed by atoms with van der Waals surface area (Å²) in [6.45, 7) is 1.55. The summed E-state index contributed by atoms with van der Waals surface area (Å²) in [5, 5.41) is 2.82. The molecule has 3 N–H and O–H groups in total. The minimum absolute atomic E-state index is 0.0361. The number of nitrogens with one attached hydrogen (secondary N) is 1. The van der Waals surface area contributed by atoms with Gasteiger partial charge in [0.2, 0.25) is 0 Å². The van der Waals surface area contributed by atoms with E-state index in [9.17, 15) is 9.59 Å². The van der Waals surface area contributed by atoms with Crippen molar-refractivity contribution in [2.75, 3.05) is 24.1 Å². The van der Waals surface area contributed by atoms with Crippen molar-refractivity contribution in [2.45, 2.75) is 12.8 Å². The first-order valence-corrected chi connectivity index (χ1v) is 7.70. The van der Waals surface area contributed by atoms with E-state index in [0.717, 1.165) is 25.9 Å². The minimum atomic E-state index is -0.279. The lowest BCUT2D eigenvalue weighted by Crippen LogP contribution is -2.28. The van der Waals surface area contributed by atoms with Gasteiger partial charge in [0.25, 0.3) is 11.8 Å². The molecule has 1 heterocycles. The standard InChI is InChI=1S/C18H19N3O2/c19-14-7-5-6-13(12-14)17(22)20-16-9-2-1-8-15(16)18(23)21-10-3-4-11-21/h1-2,5-9,12H,3-4,10-11,19H2,(H,20,22). The van der Waals surface area contributed by atoms with Gasteiger partial charge in [-0.3, -0.25) is 9.59 Å². The van der Waals surface area contributed by atoms with Crippen molar-refractivity contribution in [3.8, 4) is 0 Å². The van der Waals surface area contributed by atoms with Crippen LogP contribution >= 0.6 is 0 Å². The summed E-state index contributed by atoms with van der Waals surface area (Å²) in [6.07, 6.45) is 2.06. The zero-order valence-electron chi connectivity index (χ0n) is 12.8. The number of nitrogens with two attached hydrogens (primary N) is 1. The normalized spacial score (nSPS) is 13.8. The van der Waals surface area contributed by atoms with Crippen LogP contribution in [0.4, 0.5) is 11.4 Å². The van der Waals surface area contributed by atoms with Crippen LogP contribution in [0.1, 0.15) is 33.6 Å². The topological polar surface area (TPSA) is 75.4 Å². The van der Waals surface area contributed by atoms with Gasteiger partial charge in [0, 0.05) is 24.3 Å². The summed E-state index contributed by atoms with van der Waals surface area (Å²) in [5.74, 6) is -0.315. The van der Waals surface area contributed by atoms with Gasteiger partial charge in [0.05, 0.1) is 11.3 Å². The van der Waals surface area contributed by atoms with Crippen molar-refractivity contribution in [3.63, 3.8) is 0 Å². The predicted octanol–water partition coefficient (Wildman–Crippen LogP) is 2.76. The number of para-hydroxylation sites is 1. The van der Waals surface area contributed by atoms with Gasteiger partial charge in [0.15, 0.2) is 0 Å². The molecule has 0 spiro atoms. The summed E-state index contributed by atoms with van der Waals surface area (Å²) in [7, 11) is 0. The maximum Gasteiger partial charge on any atom is 0.255 e. The van der Waals surface area contributed by atoms with E-state index in [1.807, 2.05) is 4.90 Å². The van der Waals surface area contributed by atoms with E-state index in [1.165, 1.54) is 0 Å². The molecular formula is C18H19N3O2. The van der Waals surface area contributed by atoms with E-state index < -0.39 is 0 Å². The highest BCUT2D eigenvalue weighted by molar-refractivity contribution is 6.09. The molecule has 1 saturated heterocycles. The quantitative estimate of drug-likeness (QED) is 0.856. The highest BCUT2D eigenvalue weighted by Crippen LogP contribution is 2.21. The van der Waals surface area contributed by atoms with Crippen molar-refractivity contribution in [3.05, 3.63) is 59.7 Å². The average Bonchev–Trinajstić information content (AvgIpc) is 3.09. The Labute approximate surface area is 135 Å². The number of nitrogen functional groups attached to an aromatic ring is 1. The van der Waals surface area contributed by atoms with Gasteiger partial charge in [-0.1, -0.05) is 18.2 Å². The largest absolute Gasteiger partial charge is 0.399 e. The van der Waals surface area contributed by atoms with Gasteiger partial charge in [-0.2, -0.15) is 0 Å². The number of likely N-dealkylation sites (tertiary alicyclic amines) is 1. The van der Waals surface area contributed by atoms with Crippen molar-refractivity contribution in [2.24, 2.45) is 0 Å². The van der Waals surface area contributed by atoms with Gasteiger partial charge in [-0.25, -0.2) is 0 Å². The fourth-order valence-corrected chi connectivity index (χ4v) is 2.74. The fourth-order valence-electron chi connectivity index (χ4n) is 2.74. The van der Waals surface area contributed by atoms with Gasteiger partial charge in [0.1, 0.15) is 0 Å². The van der Waals surface area contributed by atoms with Gasteiger partial charge in [-0.15, -0.1) is 0 Å². The molecule has 0 aliphatic carbocycles. The molecule has 0 atom stereocenters. The second-order valence-corrected chi connectivity index (χ2v) is 5.62. The Morgan fingerprint density at radius 2 is 1.74 bits per heavy atom. The Morgan fingerprint density at radius 1 is 1.00 bits per heavy atom. The van der Waals surface area contributed by atoms with Gasteiger partial charge < -0.3 is 16.0 Å². The molecule has 1 fully saturated rings. The zero-order valence-corrected chi connectivity index (χ0v) is 12.8. The lowest BCUT2D eigenvalue weighted by molar-refractivity contribution is 0.0794. The second kappa shape index (κ2) is 6.52. The molecule has 1 aliphatic rings. The van der Waals surface area contributed by atoms with Crippen molar-refractivity contribution >= 4 is 23.2 Å². The predicted molar refractivity (Wildman–Crippen MR) is 90.4 cm³/mol. The Bertz CT molecular complexity index is 737. The summed E-state index contributed by atoms with van der Waals surface area (Å²) < 4.78 is 0. The molecule has 3 rings (SSSR count). The van der Waals surface area contributed by atoms with Crippen LogP contribution in [0.15, 0.2) is 48.5 Å². The van der Waals surface area contributed by atoms with E-state index >= 15 is 0 Å². The van der Waals surface area contributed by atoms with E-state index in [4.69, 9.17) is 5.73 Å². The maximum absolute atomic E-state index is 12.6. The molecule has 0 bridgehead atoms. The smallest absolute Gasteiger partial charge is 0.255 e. The molecule has 5 heteroatoms. The van der Waals surface area contributed by atoms with E-state index in [1.54, 1.807) is 48.5 Å². The summed E-state index contributed by atoms with van der Waals surface area (Å²) >= 11 is 0. The fraction of sp³-hybridized carbons (Fsp3) is 0.222. The molecule has 5 nitrogen and oxygen atoms in total. The molecule has 2 aromatic rings. The number of amides is 2. The maximum atomic E-state index is 12.6. The van der Waals surface area contributed by atoms with Crippen LogP contribution in [0.25, 0.3) is 0 Å². The van der Waals surface area contributed by atoms with Gasteiger partial charge in [-0.05, 0) is 43.2 Å². The Morgan fingerprint density at radius 3 is 2.48 bits per heavy atom. The number of benzene rings is 2. The Balaban J connectivity index is 1.83. The molecule has 23 heavy (non-hydrogen) atoms. The van der Waals surface area contributed by atoms with Gasteiger partial charge >= 0.3 is 0 Å². The number of rotatable bonds is 3. The van der Waals surface area contributed by atoms with Crippen LogP contribution in [-0.2, 0) is 0 Å². The molecule has 0 radical (unpaired) electrons. The molecule has 118 valence electrons. The molecule has 0 aromatic heterocycles. The van der Waals surface area contributed by atoms with Crippen molar-refractivity contribution in [1.82, 2.24) is 4.90 Å². The first-order valence-electron chi connectivity index (χ1n) is 7.70. The second-order valence-electron chi connectivity index (χ2n) is 5.62. The number of hydrogen-bond donors (Lipinski definition) is 2. The highest BCUT2D eigenvalue weighted by Gasteiger charge is 2.22. The minimum Gasteiger partial charge on any atom is -0.399 e. The van der Waals surface area contributed by atoms with E-state index in [-0.39, 0.29) is 11.8 Å². The van der Waals surface area contributed by atoms with Crippen LogP contribution in [0.3, 0.4) is 0 Å². The van der Waals surface area contributed by atoms with Crippen molar-refractivity contribution in [1.29, 1.82) is 0 Å². The third-order valence-corrected chi connectivity index (χ3v) is 3.95. The summed E-state index contributed by atoms with van der Waals surface area (Å²) in [4.78, 5) is 26.8. The van der Waals surface area contributed by atoms with Crippen LogP contribution < -0.4 is 11.1 Å². The summed E-state index contributed by atoms with van der Waals surface area (Å²) in [6, 6.07) is 13.8. The van der Waals surface area contributed by atoms with Crippen LogP contribution in [0.5, 0.6) is 0 Å². The van der Waals surface area contributed by atoms with Crippen molar-refractivity contribution < 1.29 is 9.59 Å². The number of hydrogen-bond acceptors (Lipinski definition) is 3. The first-order chi connectivity index (χ1) is 11.1. The molecule has 0 saturated carbocycles. The van der Waals surface area contributed by atoms with Crippen LogP contribution in [0.2, 0.25) is 0 Å². The van der Waals surface area contributed by atoms with Crippen LogP contribution in [0, 0.1) is 0 Å². The monoisotopic (exact) mass is 309 g/mol.